The third-order valence-corrected chi connectivity index (χ3v) is 3.12. The number of alkyl halides is 1. The fourth-order valence-corrected chi connectivity index (χ4v) is 1.96. The molecule has 19 heavy (non-hydrogen) atoms. The van der Waals surface area contributed by atoms with Gasteiger partial charge in [-0.25, -0.2) is 0 Å². The summed E-state index contributed by atoms with van der Waals surface area (Å²) in [6, 6.07) is 9.09. The number of rotatable bonds is 6. The Morgan fingerprint density at radius 2 is 1.63 bits per heavy atom. The largest absolute Gasteiger partial charge is 0.342 e. The number of benzene rings is 1. The van der Waals surface area contributed by atoms with Crippen LogP contribution in [0, 0.1) is 0 Å². The Labute approximate surface area is 118 Å². The SMILES string of the molecule is CCN(CC)C(=O)CN(C(=O)CCl)c1ccccc1. The summed E-state index contributed by atoms with van der Waals surface area (Å²) in [6.45, 7) is 5.12. The van der Waals surface area contributed by atoms with Gasteiger partial charge in [-0.1, -0.05) is 18.2 Å². The highest BCUT2D eigenvalue weighted by Crippen LogP contribution is 2.14. The van der Waals surface area contributed by atoms with E-state index in [-0.39, 0.29) is 24.2 Å². The molecule has 0 atom stereocenters. The van der Waals surface area contributed by atoms with Crippen LogP contribution in [0.2, 0.25) is 0 Å². The lowest BCUT2D eigenvalue weighted by Gasteiger charge is -2.25. The van der Waals surface area contributed by atoms with E-state index >= 15 is 0 Å². The number of nitrogens with zero attached hydrogens (tertiary/aromatic N) is 2. The van der Waals surface area contributed by atoms with Crippen molar-refractivity contribution in [3.8, 4) is 0 Å². The summed E-state index contributed by atoms with van der Waals surface area (Å²) >= 11 is 5.61. The number of amides is 2. The first-order valence-corrected chi connectivity index (χ1v) is 6.86. The van der Waals surface area contributed by atoms with Crippen molar-refractivity contribution in [2.75, 3.05) is 30.4 Å². The summed E-state index contributed by atoms with van der Waals surface area (Å²) in [7, 11) is 0. The minimum Gasteiger partial charge on any atom is -0.342 e. The second-order valence-electron chi connectivity index (χ2n) is 4.02. The quantitative estimate of drug-likeness (QED) is 0.750. The predicted octanol–water partition coefficient (Wildman–Crippen LogP) is 2.13. The molecule has 0 bridgehead atoms. The van der Waals surface area contributed by atoms with E-state index in [4.69, 9.17) is 11.6 Å². The zero-order chi connectivity index (χ0) is 14.3. The summed E-state index contributed by atoms with van der Waals surface area (Å²) in [5.74, 6) is -0.485. The molecule has 0 fully saturated rings. The molecule has 1 rings (SSSR count). The molecule has 0 heterocycles. The first-order valence-electron chi connectivity index (χ1n) is 6.33. The highest BCUT2D eigenvalue weighted by atomic mass is 35.5. The van der Waals surface area contributed by atoms with E-state index in [0.29, 0.717) is 18.8 Å². The van der Waals surface area contributed by atoms with Gasteiger partial charge >= 0.3 is 0 Å². The molecule has 0 aliphatic rings. The minimum atomic E-state index is -0.270. The molecule has 0 aliphatic heterocycles. The summed E-state index contributed by atoms with van der Waals surface area (Å²) < 4.78 is 0. The Bertz CT molecular complexity index is 419. The van der Waals surface area contributed by atoms with Crippen molar-refractivity contribution in [2.45, 2.75) is 13.8 Å². The molecule has 0 aromatic heterocycles. The number of carbonyl (C=O) groups excluding carboxylic acids is 2. The molecular weight excluding hydrogens is 264 g/mol. The lowest BCUT2D eigenvalue weighted by atomic mass is 10.2. The van der Waals surface area contributed by atoms with E-state index in [2.05, 4.69) is 0 Å². The van der Waals surface area contributed by atoms with Gasteiger partial charge in [0.1, 0.15) is 12.4 Å². The smallest absolute Gasteiger partial charge is 0.242 e. The number of carbonyl (C=O) groups is 2. The number of para-hydroxylation sites is 1. The van der Waals surface area contributed by atoms with Crippen molar-refractivity contribution in [3.05, 3.63) is 30.3 Å². The molecule has 1 aromatic carbocycles. The van der Waals surface area contributed by atoms with E-state index in [1.165, 1.54) is 4.90 Å². The molecule has 104 valence electrons. The molecule has 0 aliphatic carbocycles. The average molecular weight is 283 g/mol. The van der Waals surface area contributed by atoms with Crippen LogP contribution in [-0.4, -0.2) is 42.2 Å². The zero-order valence-electron chi connectivity index (χ0n) is 11.3. The maximum atomic E-state index is 12.1. The van der Waals surface area contributed by atoms with Crippen LogP contribution in [0.3, 0.4) is 0 Å². The molecule has 0 N–H and O–H groups in total. The maximum absolute atomic E-state index is 12.1. The van der Waals surface area contributed by atoms with Crippen LogP contribution >= 0.6 is 11.6 Å². The summed E-state index contributed by atoms with van der Waals surface area (Å²) in [6.07, 6.45) is 0. The van der Waals surface area contributed by atoms with Crippen molar-refractivity contribution >= 4 is 29.1 Å². The van der Waals surface area contributed by atoms with Gasteiger partial charge in [-0.15, -0.1) is 11.6 Å². The first-order chi connectivity index (χ1) is 9.13. The standard InChI is InChI=1S/C14H19ClN2O2/c1-3-16(4-2)14(19)11-17(13(18)10-15)12-8-6-5-7-9-12/h5-9H,3-4,10-11H2,1-2H3. The van der Waals surface area contributed by atoms with Crippen LogP contribution in [0.5, 0.6) is 0 Å². The molecule has 0 radical (unpaired) electrons. The lowest BCUT2D eigenvalue weighted by Crippen LogP contribution is -2.43. The second kappa shape index (κ2) is 7.79. The van der Waals surface area contributed by atoms with Gasteiger partial charge in [-0.3, -0.25) is 9.59 Å². The Kier molecular flexibility index (Phi) is 6.36. The van der Waals surface area contributed by atoms with Gasteiger partial charge in [0.2, 0.25) is 11.8 Å². The Balaban J connectivity index is 2.88. The highest BCUT2D eigenvalue weighted by molar-refractivity contribution is 6.29. The normalized spacial score (nSPS) is 10.1. The van der Waals surface area contributed by atoms with Gasteiger partial charge in [-0.2, -0.15) is 0 Å². The minimum absolute atomic E-state index is 0.0250. The Hall–Kier alpha value is -1.55. The van der Waals surface area contributed by atoms with Crippen LogP contribution in [0.1, 0.15) is 13.8 Å². The van der Waals surface area contributed by atoms with Gasteiger partial charge in [0.15, 0.2) is 0 Å². The summed E-state index contributed by atoms with van der Waals surface area (Å²) in [5, 5.41) is 0. The second-order valence-corrected chi connectivity index (χ2v) is 4.28. The van der Waals surface area contributed by atoms with Gasteiger partial charge in [0, 0.05) is 18.8 Å². The summed E-state index contributed by atoms with van der Waals surface area (Å²) in [5.41, 5.74) is 0.689. The maximum Gasteiger partial charge on any atom is 0.242 e. The third kappa shape index (κ3) is 4.24. The molecule has 1 aromatic rings. The average Bonchev–Trinajstić information content (AvgIpc) is 2.46. The van der Waals surface area contributed by atoms with Gasteiger partial charge in [0.05, 0.1) is 0 Å². The molecule has 0 saturated heterocycles. The van der Waals surface area contributed by atoms with Crippen molar-refractivity contribution in [1.29, 1.82) is 0 Å². The molecule has 0 saturated carbocycles. The van der Waals surface area contributed by atoms with E-state index < -0.39 is 0 Å². The van der Waals surface area contributed by atoms with Crippen molar-refractivity contribution < 1.29 is 9.59 Å². The Morgan fingerprint density at radius 1 is 1.05 bits per heavy atom. The molecule has 0 unspecified atom stereocenters. The highest BCUT2D eigenvalue weighted by Gasteiger charge is 2.20. The van der Waals surface area contributed by atoms with Crippen LogP contribution in [0.15, 0.2) is 30.3 Å². The van der Waals surface area contributed by atoms with E-state index in [9.17, 15) is 9.59 Å². The number of likely N-dealkylation sites (N-methyl/N-ethyl adjacent to an activating group) is 1. The number of anilines is 1. The first kappa shape index (κ1) is 15.5. The fourth-order valence-electron chi connectivity index (χ4n) is 1.82. The Morgan fingerprint density at radius 3 is 2.11 bits per heavy atom. The number of hydrogen-bond donors (Lipinski definition) is 0. The van der Waals surface area contributed by atoms with Gasteiger partial charge in [-0.05, 0) is 26.0 Å². The molecule has 5 heteroatoms. The third-order valence-electron chi connectivity index (χ3n) is 2.89. The number of halogens is 1. The molecule has 2 amide bonds. The monoisotopic (exact) mass is 282 g/mol. The summed E-state index contributed by atoms with van der Waals surface area (Å²) in [4.78, 5) is 27.1. The zero-order valence-corrected chi connectivity index (χ0v) is 12.1. The lowest BCUT2D eigenvalue weighted by molar-refractivity contribution is -0.130. The molecule has 0 spiro atoms. The van der Waals surface area contributed by atoms with Gasteiger partial charge < -0.3 is 9.80 Å². The predicted molar refractivity (Wildman–Crippen MR) is 77.4 cm³/mol. The van der Waals surface area contributed by atoms with Crippen molar-refractivity contribution in [3.63, 3.8) is 0 Å². The van der Waals surface area contributed by atoms with Crippen LogP contribution < -0.4 is 4.90 Å². The van der Waals surface area contributed by atoms with Crippen LogP contribution in [0.25, 0.3) is 0 Å². The topological polar surface area (TPSA) is 40.6 Å². The fraction of sp³-hybridized carbons (Fsp3) is 0.429. The van der Waals surface area contributed by atoms with Crippen LogP contribution in [-0.2, 0) is 9.59 Å². The van der Waals surface area contributed by atoms with E-state index in [1.807, 2.05) is 32.0 Å². The van der Waals surface area contributed by atoms with E-state index in [1.54, 1.807) is 17.0 Å². The molecular formula is C14H19ClN2O2. The van der Waals surface area contributed by atoms with E-state index in [0.717, 1.165) is 0 Å². The van der Waals surface area contributed by atoms with Crippen molar-refractivity contribution in [1.82, 2.24) is 4.90 Å². The molecule has 4 nitrogen and oxygen atoms in total. The van der Waals surface area contributed by atoms with Gasteiger partial charge in [0.25, 0.3) is 0 Å². The van der Waals surface area contributed by atoms with Crippen molar-refractivity contribution in [2.24, 2.45) is 0 Å². The number of hydrogen-bond acceptors (Lipinski definition) is 2. The van der Waals surface area contributed by atoms with Crippen LogP contribution in [0.4, 0.5) is 5.69 Å².